The monoisotopic (exact) mass is 321 g/mol. The number of amides is 1. The molecule has 128 valence electrons. The predicted molar refractivity (Wildman–Crippen MR) is 86.0 cm³/mol. The summed E-state index contributed by atoms with van der Waals surface area (Å²) in [6.45, 7) is 0.805. The van der Waals surface area contributed by atoms with Gasteiger partial charge in [-0.25, -0.2) is 0 Å². The van der Waals surface area contributed by atoms with E-state index in [1.807, 2.05) is 17.3 Å². The largest absolute Gasteiger partial charge is 0.381 e. The zero-order chi connectivity index (χ0) is 16.3. The van der Waals surface area contributed by atoms with E-state index in [1.165, 1.54) is 0 Å². The molecule has 1 aromatic rings. The number of likely N-dealkylation sites (tertiary alicyclic amines) is 1. The second-order valence-corrected chi connectivity index (χ2v) is 6.71. The molecule has 23 heavy (non-hydrogen) atoms. The van der Waals surface area contributed by atoms with Crippen LogP contribution < -0.4 is 0 Å². The van der Waals surface area contributed by atoms with Crippen molar-refractivity contribution < 1.29 is 14.3 Å². The lowest BCUT2D eigenvalue weighted by Gasteiger charge is -2.43. The number of carbonyl (C=O) groups is 1. The van der Waals surface area contributed by atoms with E-state index >= 15 is 0 Å². The molecule has 1 amide bonds. The third-order valence-corrected chi connectivity index (χ3v) is 5.61. The average Bonchev–Trinajstić information content (AvgIpc) is 3.21. The number of fused-ring (bicyclic) bond motifs is 1. The van der Waals surface area contributed by atoms with Gasteiger partial charge in [0, 0.05) is 33.4 Å². The lowest BCUT2D eigenvalue weighted by Crippen LogP contribution is -2.53. The first-order chi connectivity index (χ1) is 11.2. The van der Waals surface area contributed by atoms with Crippen LogP contribution in [0, 0.1) is 0 Å². The van der Waals surface area contributed by atoms with Gasteiger partial charge in [-0.3, -0.25) is 9.89 Å². The molecule has 2 fully saturated rings. The summed E-state index contributed by atoms with van der Waals surface area (Å²) in [4.78, 5) is 14.7. The van der Waals surface area contributed by atoms with Crippen LogP contribution in [-0.2, 0) is 20.7 Å². The Labute approximate surface area is 137 Å². The first-order valence-corrected chi connectivity index (χ1v) is 8.53. The molecule has 1 saturated heterocycles. The van der Waals surface area contributed by atoms with Crippen LogP contribution in [0.1, 0.15) is 44.1 Å². The molecule has 1 N–H and O–H groups in total. The molecular weight excluding hydrogens is 294 g/mol. The smallest absolute Gasteiger partial charge is 0.222 e. The van der Waals surface area contributed by atoms with Crippen molar-refractivity contribution in [2.24, 2.45) is 0 Å². The number of hydrogen-bond acceptors (Lipinski definition) is 4. The minimum absolute atomic E-state index is 0.157. The van der Waals surface area contributed by atoms with Gasteiger partial charge in [0.2, 0.25) is 5.91 Å². The molecule has 1 saturated carbocycles. The van der Waals surface area contributed by atoms with Crippen LogP contribution in [0.2, 0.25) is 0 Å². The maximum atomic E-state index is 12.7. The Kier molecular flexibility index (Phi) is 5.02. The van der Waals surface area contributed by atoms with Crippen LogP contribution in [0.25, 0.3) is 0 Å². The van der Waals surface area contributed by atoms with E-state index in [4.69, 9.17) is 9.47 Å². The van der Waals surface area contributed by atoms with E-state index in [9.17, 15) is 4.79 Å². The SMILES string of the molecule is COC1CC[C@@]2(OC)CCN(C(=O)CCCc3cn[nH]c3)C2C1. The number of aromatic nitrogens is 2. The van der Waals surface area contributed by atoms with Crippen molar-refractivity contribution in [2.45, 2.75) is 62.7 Å². The zero-order valence-corrected chi connectivity index (χ0v) is 14.1. The second kappa shape index (κ2) is 7.01. The van der Waals surface area contributed by atoms with Gasteiger partial charge in [0.25, 0.3) is 0 Å². The van der Waals surface area contributed by atoms with Gasteiger partial charge in [-0.15, -0.1) is 0 Å². The number of methoxy groups -OCH3 is 2. The number of hydrogen-bond donors (Lipinski definition) is 1. The van der Waals surface area contributed by atoms with Crippen molar-refractivity contribution in [3.05, 3.63) is 18.0 Å². The van der Waals surface area contributed by atoms with Crippen molar-refractivity contribution in [1.29, 1.82) is 0 Å². The number of H-pyrrole nitrogens is 1. The number of nitrogens with zero attached hydrogens (tertiary/aromatic N) is 2. The molecule has 0 bridgehead atoms. The first-order valence-electron chi connectivity index (χ1n) is 8.53. The molecule has 2 heterocycles. The summed E-state index contributed by atoms with van der Waals surface area (Å²) in [5.41, 5.74) is 0.998. The van der Waals surface area contributed by atoms with Gasteiger partial charge in [0.05, 0.1) is 23.9 Å². The second-order valence-electron chi connectivity index (χ2n) is 6.71. The minimum Gasteiger partial charge on any atom is -0.381 e. The predicted octanol–water partition coefficient (Wildman–Crippen LogP) is 1.92. The van der Waals surface area contributed by atoms with Crippen LogP contribution in [0.5, 0.6) is 0 Å². The van der Waals surface area contributed by atoms with Gasteiger partial charge < -0.3 is 14.4 Å². The fraction of sp³-hybridized carbons (Fsp3) is 0.765. The summed E-state index contributed by atoms with van der Waals surface area (Å²) in [5.74, 6) is 0.245. The number of ether oxygens (including phenoxy) is 2. The maximum absolute atomic E-state index is 12.7. The Hall–Kier alpha value is -1.40. The molecular formula is C17H27N3O3. The summed E-state index contributed by atoms with van der Waals surface area (Å²) >= 11 is 0. The van der Waals surface area contributed by atoms with Crippen molar-refractivity contribution >= 4 is 5.91 Å². The number of nitrogens with one attached hydrogen (secondary N) is 1. The fourth-order valence-corrected chi connectivity index (χ4v) is 4.18. The number of aromatic amines is 1. The van der Waals surface area contributed by atoms with Gasteiger partial charge in [-0.1, -0.05) is 0 Å². The highest BCUT2D eigenvalue weighted by molar-refractivity contribution is 5.77. The Morgan fingerprint density at radius 1 is 1.48 bits per heavy atom. The Morgan fingerprint density at radius 3 is 3.04 bits per heavy atom. The lowest BCUT2D eigenvalue weighted by atomic mass is 9.79. The van der Waals surface area contributed by atoms with E-state index in [-0.39, 0.29) is 23.7 Å². The third kappa shape index (κ3) is 3.28. The third-order valence-electron chi connectivity index (χ3n) is 5.61. The van der Waals surface area contributed by atoms with Crippen LogP contribution in [-0.4, -0.2) is 59.5 Å². The normalized spacial score (nSPS) is 30.4. The minimum atomic E-state index is -0.157. The van der Waals surface area contributed by atoms with E-state index < -0.39 is 0 Å². The number of carbonyl (C=O) groups excluding carboxylic acids is 1. The summed E-state index contributed by atoms with van der Waals surface area (Å²) in [5, 5.41) is 6.75. The van der Waals surface area contributed by atoms with Gasteiger partial charge in [0.1, 0.15) is 0 Å². The summed E-state index contributed by atoms with van der Waals surface area (Å²) in [6.07, 6.45) is 10.1. The fourth-order valence-electron chi connectivity index (χ4n) is 4.18. The highest BCUT2D eigenvalue weighted by atomic mass is 16.5. The average molecular weight is 321 g/mol. The van der Waals surface area contributed by atoms with Crippen molar-refractivity contribution in [3.8, 4) is 0 Å². The van der Waals surface area contributed by atoms with Gasteiger partial charge in [0.15, 0.2) is 0 Å². The Bertz CT molecular complexity index is 519. The van der Waals surface area contributed by atoms with Crippen molar-refractivity contribution in [3.63, 3.8) is 0 Å². The molecule has 1 aromatic heterocycles. The number of aryl methyl sites for hydroxylation is 1. The molecule has 0 aromatic carbocycles. The number of rotatable bonds is 6. The molecule has 3 atom stereocenters. The van der Waals surface area contributed by atoms with Crippen LogP contribution in [0.4, 0.5) is 0 Å². The molecule has 1 aliphatic heterocycles. The van der Waals surface area contributed by atoms with E-state index in [2.05, 4.69) is 10.2 Å². The zero-order valence-electron chi connectivity index (χ0n) is 14.1. The highest BCUT2D eigenvalue weighted by Crippen LogP contribution is 2.43. The molecule has 0 radical (unpaired) electrons. The molecule has 3 rings (SSSR count). The van der Waals surface area contributed by atoms with Gasteiger partial charge in [-0.05, 0) is 44.1 Å². The first kappa shape index (κ1) is 16.5. The Balaban J connectivity index is 1.59. The van der Waals surface area contributed by atoms with Crippen molar-refractivity contribution in [1.82, 2.24) is 15.1 Å². The lowest BCUT2D eigenvalue weighted by molar-refractivity contribution is -0.140. The van der Waals surface area contributed by atoms with E-state index in [0.29, 0.717) is 6.42 Å². The van der Waals surface area contributed by atoms with Gasteiger partial charge >= 0.3 is 0 Å². The maximum Gasteiger partial charge on any atom is 0.222 e. The summed E-state index contributed by atoms with van der Waals surface area (Å²) in [6, 6.07) is 0.160. The van der Waals surface area contributed by atoms with E-state index in [0.717, 1.165) is 50.6 Å². The topological polar surface area (TPSA) is 67.5 Å². The highest BCUT2D eigenvalue weighted by Gasteiger charge is 2.52. The van der Waals surface area contributed by atoms with E-state index in [1.54, 1.807) is 14.2 Å². The van der Waals surface area contributed by atoms with Gasteiger partial charge in [-0.2, -0.15) is 5.10 Å². The van der Waals surface area contributed by atoms with Crippen LogP contribution >= 0.6 is 0 Å². The van der Waals surface area contributed by atoms with Crippen LogP contribution in [0.3, 0.4) is 0 Å². The standard InChI is InChI=1S/C17H27N3O3/c1-22-14-6-7-17(23-2)8-9-20(15(17)10-14)16(21)5-3-4-13-11-18-19-12-13/h11-12,14-15H,3-10H2,1-2H3,(H,18,19)/t14?,15?,17-/m1/s1. The Morgan fingerprint density at radius 2 is 2.35 bits per heavy atom. The summed E-state index contributed by atoms with van der Waals surface area (Å²) < 4.78 is 11.4. The molecule has 1 aliphatic carbocycles. The summed E-state index contributed by atoms with van der Waals surface area (Å²) in [7, 11) is 3.55. The molecule has 6 heteroatoms. The van der Waals surface area contributed by atoms with Crippen molar-refractivity contribution in [2.75, 3.05) is 20.8 Å². The molecule has 2 aliphatic rings. The molecule has 2 unspecified atom stereocenters. The van der Waals surface area contributed by atoms with Crippen LogP contribution in [0.15, 0.2) is 12.4 Å². The quantitative estimate of drug-likeness (QED) is 0.869. The molecule has 6 nitrogen and oxygen atoms in total. The molecule has 0 spiro atoms.